The summed E-state index contributed by atoms with van der Waals surface area (Å²) in [4.78, 5) is 15.5. The van der Waals surface area contributed by atoms with Crippen LogP contribution < -0.4 is 5.32 Å². The van der Waals surface area contributed by atoms with E-state index < -0.39 is 5.97 Å². The Morgan fingerprint density at radius 1 is 1.06 bits per heavy atom. The highest BCUT2D eigenvalue weighted by Crippen LogP contribution is 2.49. The Balaban J connectivity index is 1.35. The van der Waals surface area contributed by atoms with Gasteiger partial charge in [0.05, 0.1) is 17.3 Å². The smallest absolute Gasteiger partial charge is 0.335 e. The van der Waals surface area contributed by atoms with Crippen LogP contribution in [0.2, 0.25) is 0 Å². The molecule has 0 amide bonds. The van der Waals surface area contributed by atoms with Gasteiger partial charge in [-0.25, -0.2) is 4.79 Å². The number of aryl methyl sites for hydroxylation is 1. The molecule has 0 aromatic heterocycles. The van der Waals surface area contributed by atoms with Crippen molar-refractivity contribution in [2.45, 2.75) is 25.3 Å². The number of aliphatic imine (C=N–C) groups is 1. The highest BCUT2D eigenvalue weighted by molar-refractivity contribution is 5.89. The van der Waals surface area contributed by atoms with Gasteiger partial charge in [0.1, 0.15) is 0 Å². The minimum Gasteiger partial charge on any atom is -0.478 e. The molecule has 0 unspecified atom stereocenters. The van der Waals surface area contributed by atoms with Gasteiger partial charge in [-0.15, -0.1) is 0 Å². The molecular formula is C27H24N2O2. The van der Waals surface area contributed by atoms with Gasteiger partial charge < -0.3 is 10.4 Å². The van der Waals surface area contributed by atoms with Gasteiger partial charge in [0.2, 0.25) is 0 Å². The zero-order chi connectivity index (χ0) is 21.4. The Bertz CT molecular complexity index is 1180. The molecule has 0 saturated carbocycles. The second-order valence-corrected chi connectivity index (χ2v) is 8.34. The maximum absolute atomic E-state index is 11.0. The topological polar surface area (TPSA) is 61.7 Å². The molecule has 3 atom stereocenters. The fourth-order valence-electron chi connectivity index (χ4n) is 4.67. The second-order valence-electron chi connectivity index (χ2n) is 8.34. The Hall–Kier alpha value is -3.66. The Morgan fingerprint density at radius 3 is 2.58 bits per heavy atom. The van der Waals surface area contributed by atoms with Crippen LogP contribution in [0, 0.1) is 12.8 Å². The van der Waals surface area contributed by atoms with Gasteiger partial charge in [-0.3, -0.25) is 4.99 Å². The number of allylic oxidation sites excluding steroid dienone is 2. The third-order valence-corrected chi connectivity index (χ3v) is 6.29. The summed E-state index contributed by atoms with van der Waals surface area (Å²) >= 11 is 0. The number of hydrogen-bond acceptors (Lipinski definition) is 3. The third-order valence-electron chi connectivity index (χ3n) is 6.29. The molecule has 0 bridgehead atoms. The van der Waals surface area contributed by atoms with Crippen molar-refractivity contribution >= 4 is 23.6 Å². The maximum Gasteiger partial charge on any atom is 0.335 e. The SMILES string of the molecule is Cc1ccc2c(c1)[C@@H]1C=CC[C@H]1[C@@H](c1ccc(N=Cc3ccc(C(=O)O)cc3)cc1)N2. The molecule has 5 rings (SSSR count). The lowest BCUT2D eigenvalue weighted by Crippen LogP contribution is -2.29. The number of anilines is 1. The van der Waals surface area contributed by atoms with Gasteiger partial charge in [-0.05, 0) is 66.3 Å². The van der Waals surface area contributed by atoms with Crippen LogP contribution in [-0.2, 0) is 0 Å². The normalized spacial score (nSPS) is 21.5. The second kappa shape index (κ2) is 7.88. The van der Waals surface area contributed by atoms with Crippen molar-refractivity contribution in [1.29, 1.82) is 0 Å². The molecule has 1 heterocycles. The summed E-state index contributed by atoms with van der Waals surface area (Å²) < 4.78 is 0. The molecule has 3 aromatic rings. The maximum atomic E-state index is 11.0. The standard InChI is InChI=1S/C27H24N2O2/c1-17-5-14-25-24(15-17)22-3-2-4-23(22)26(29-25)19-10-12-21(13-11-19)28-16-18-6-8-20(9-7-18)27(30)31/h2-3,5-16,22-23,26,29H,4H2,1H3,(H,30,31)/t22-,23-,26-/m1/s1. The number of fused-ring (bicyclic) bond motifs is 3. The summed E-state index contributed by atoms with van der Waals surface area (Å²) in [5, 5.41) is 12.8. The third kappa shape index (κ3) is 3.77. The lowest BCUT2D eigenvalue weighted by molar-refractivity contribution is 0.0697. The fraction of sp³-hybridized carbons (Fsp3) is 0.185. The Morgan fingerprint density at radius 2 is 1.84 bits per heavy atom. The summed E-state index contributed by atoms with van der Waals surface area (Å²) in [6.07, 6.45) is 7.53. The molecule has 0 fully saturated rings. The summed E-state index contributed by atoms with van der Waals surface area (Å²) in [5.41, 5.74) is 7.24. The molecule has 31 heavy (non-hydrogen) atoms. The van der Waals surface area contributed by atoms with E-state index in [-0.39, 0.29) is 11.6 Å². The van der Waals surface area contributed by atoms with Crippen LogP contribution in [0.5, 0.6) is 0 Å². The molecule has 154 valence electrons. The lowest BCUT2D eigenvalue weighted by atomic mass is 9.76. The van der Waals surface area contributed by atoms with E-state index in [0.717, 1.165) is 17.7 Å². The van der Waals surface area contributed by atoms with Crippen LogP contribution >= 0.6 is 0 Å². The average Bonchev–Trinajstić information content (AvgIpc) is 3.28. The highest BCUT2D eigenvalue weighted by Gasteiger charge is 2.37. The molecule has 0 spiro atoms. The number of aromatic carboxylic acids is 1. The molecular weight excluding hydrogens is 384 g/mol. The first-order valence-electron chi connectivity index (χ1n) is 10.6. The largest absolute Gasteiger partial charge is 0.478 e. The summed E-state index contributed by atoms with van der Waals surface area (Å²) in [6.45, 7) is 2.15. The molecule has 4 nitrogen and oxygen atoms in total. The van der Waals surface area contributed by atoms with E-state index in [9.17, 15) is 4.79 Å². The molecule has 1 aliphatic heterocycles. The van der Waals surface area contributed by atoms with Crippen LogP contribution in [0.25, 0.3) is 0 Å². The number of benzene rings is 3. The predicted molar refractivity (Wildman–Crippen MR) is 125 cm³/mol. The molecule has 2 N–H and O–H groups in total. The Kier molecular flexibility index (Phi) is 4.91. The zero-order valence-electron chi connectivity index (χ0n) is 17.3. The van der Waals surface area contributed by atoms with Crippen molar-refractivity contribution in [2.24, 2.45) is 10.9 Å². The summed E-state index contributed by atoms with van der Waals surface area (Å²) in [6, 6.07) is 22.1. The van der Waals surface area contributed by atoms with Gasteiger partial charge >= 0.3 is 5.97 Å². The van der Waals surface area contributed by atoms with Crippen molar-refractivity contribution in [2.75, 3.05) is 5.32 Å². The van der Waals surface area contributed by atoms with Gasteiger partial charge in [0.15, 0.2) is 0 Å². The van der Waals surface area contributed by atoms with E-state index in [1.165, 1.54) is 22.4 Å². The van der Waals surface area contributed by atoms with Crippen LogP contribution in [0.1, 0.15) is 51.0 Å². The summed E-state index contributed by atoms with van der Waals surface area (Å²) in [5.74, 6) is 0.0666. The molecule has 0 saturated heterocycles. The minimum absolute atomic E-state index is 0.275. The van der Waals surface area contributed by atoms with Gasteiger partial charge in [-0.1, -0.05) is 54.1 Å². The quantitative estimate of drug-likeness (QED) is 0.395. The van der Waals surface area contributed by atoms with Gasteiger partial charge in [-0.2, -0.15) is 0 Å². The number of nitrogens with zero attached hydrogens (tertiary/aromatic N) is 1. The van der Waals surface area contributed by atoms with E-state index >= 15 is 0 Å². The van der Waals surface area contributed by atoms with Crippen LogP contribution in [-0.4, -0.2) is 17.3 Å². The van der Waals surface area contributed by atoms with Crippen LogP contribution in [0.3, 0.4) is 0 Å². The van der Waals surface area contributed by atoms with Crippen molar-refractivity contribution in [3.05, 3.63) is 107 Å². The Labute approximate surface area is 182 Å². The number of carbonyl (C=O) groups is 1. The first kappa shape index (κ1) is 19.3. The first-order valence-corrected chi connectivity index (χ1v) is 10.6. The van der Waals surface area contributed by atoms with E-state index in [1.54, 1.807) is 30.5 Å². The minimum atomic E-state index is -0.923. The summed E-state index contributed by atoms with van der Waals surface area (Å²) in [7, 11) is 0. The number of nitrogens with one attached hydrogen (secondary N) is 1. The molecule has 0 radical (unpaired) electrons. The van der Waals surface area contributed by atoms with Gasteiger partial charge in [0.25, 0.3) is 0 Å². The number of carboxylic acid groups (broad SMARTS) is 1. The predicted octanol–water partition coefficient (Wildman–Crippen LogP) is 6.27. The van der Waals surface area contributed by atoms with Crippen molar-refractivity contribution in [3.63, 3.8) is 0 Å². The van der Waals surface area contributed by atoms with E-state index in [1.807, 2.05) is 12.1 Å². The molecule has 1 aliphatic carbocycles. The number of rotatable bonds is 4. The van der Waals surface area contributed by atoms with Crippen LogP contribution in [0.15, 0.2) is 83.9 Å². The highest BCUT2D eigenvalue weighted by atomic mass is 16.4. The van der Waals surface area contributed by atoms with E-state index in [0.29, 0.717) is 11.8 Å². The number of carboxylic acids is 1. The average molecular weight is 409 g/mol. The van der Waals surface area contributed by atoms with Crippen molar-refractivity contribution in [1.82, 2.24) is 0 Å². The van der Waals surface area contributed by atoms with Crippen LogP contribution in [0.4, 0.5) is 11.4 Å². The first-order chi connectivity index (χ1) is 15.1. The fourth-order valence-corrected chi connectivity index (χ4v) is 4.67. The molecule has 3 aromatic carbocycles. The van der Waals surface area contributed by atoms with Crippen molar-refractivity contribution in [3.8, 4) is 0 Å². The zero-order valence-corrected chi connectivity index (χ0v) is 17.3. The molecule has 2 aliphatic rings. The van der Waals surface area contributed by atoms with E-state index in [2.05, 4.69) is 59.7 Å². The van der Waals surface area contributed by atoms with E-state index in [4.69, 9.17) is 5.11 Å². The monoisotopic (exact) mass is 408 g/mol. The lowest BCUT2D eigenvalue weighted by Gasteiger charge is -2.37. The number of hydrogen-bond donors (Lipinski definition) is 2. The van der Waals surface area contributed by atoms with Gasteiger partial charge in [0, 0.05) is 17.8 Å². The van der Waals surface area contributed by atoms with Crippen molar-refractivity contribution < 1.29 is 9.90 Å². The molecule has 4 heteroatoms.